The molecule has 0 saturated carbocycles. The van der Waals surface area contributed by atoms with Crippen molar-refractivity contribution in [3.8, 4) is 11.4 Å². The molecule has 5 rings (SSSR count). The SMILES string of the molecule is O=C(c1cc(-n2ccc3ccccc32)ccc1O)N1Cc2ccccc2C1. The van der Waals surface area contributed by atoms with Crippen molar-refractivity contribution in [1.29, 1.82) is 0 Å². The molecule has 0 unspecified atom stereocenters. The number of rotatable bonds is 2. The minimum Gasteiger partial charge on any atom is -0.507 e. The number of carbonyl (C=O) groups is 1. The Bertz CT molecular complexity index is 1150. The summed E-state index contributed by atoms with van der Waals surface area (Å²) in [5, 5.41) is 11.5. The van der Waals surface area contributed by atoms with E-state index < -0.39 is 0 Å². The molecule has 27 heavy (non-hydrogen) atoms. The Balaban J connectivity index is 1.52. The lowest BCUT2D eigenvalue weighted by Crippen LogP contribution is -2.25. The lowest BCUT2D eigenvalue weighted by Gasteiger charge is -2.17. The third-order valence-electron chi connectivity index (χ3n) is 5.22. The first-order chi connectivity index (χ1) is 13.2. The van der Waals surface area contributed by atoms with Crippen molar-refractivity contribution in [1.82, 2.24) is 9.47 Å². The van der Waals surface area contributed by atoms with E-state index in [1.54, 1.807) is 17.0 Å². The van der Waals surface area contributed by atoms with Gasteiger partial charge in [-0.2, -0.15) is 0 Å². The molecular formula is C23H18N2O2. The van der Waals surface area contributed by atoms with E-state index in [-0.39, 0.29) is 11.7 Å². The Morgan fingerprint density at radius 2 is 1.56 bits per heavy atom. The van der Waals surface area contributed by atoms with Crippen LogP contribution in [-0.2, 0) is 13.1 Å². The number of aromatic nitrogens is 1. The van der Waals surface area contributed by atoms with Crippen LogP contribution in [0.1, 0.15) is 21.5 Å². The number of phenolic OH excluding ortho intramolecular Hbond substituents is 1. The fourth-order valence-electron chi connectivity index (χ4n) is 3.80. The molecule has 0 saturated heterocycles. The number of para-hydroxylation sites is 1. The van der Waals surface area contributed by atoms with E-state index in [0.29, 0.717) is 18.7 Å². The highest BCUT2D eigenvalue weighted by Crippen LogP contribution is 2.29. The van der Waals surface area contributed by atoms with Gasteiger partial charge < -0.3 is 14.6 Å². The molecule has 0 fully saturated rings. The van der Waals surface area contributed by atoms with Gasteiger partial charge in [-0.15, -0.1) is 0 Å². The summed E-state index contributed by atoms with van der Waals surface area (Å²) in [5.74, 6) is -0.141. The zero-order valence-corrected chi connectivity index (χ0v) is 14.7. The van der Waals surface area contributed by atoms with E-state index in [0.717, 1.165) is 27.7 Å². The lowest BCUT2D eigenvalue weighted by molar-refractivity contribution is 0.0748. The molecule has 1 aliphatic rings. The van der Waals surface area contributed by atoms with Crippen molar-refractivity contribution in [2.45, 2.75) is 13.1 Å². The van der Waals surface area contributed by atoms with Crippen LogP contribution in [0, 0.1) is 0 Å². The van der Waals surface area contributed by atoms with Crippen molar-refractivity contribution in [3.63, 3.8) is 0 Å². The van der Waals surface area contributed by atoms with Gasteiger partial charge in [-0.3, -0.25) is 4.79 Å². The fraction of sp³-hybridized carbons (Fsp3) is 0.0870. The maximum Gasteiger partial charge on any atom is 0.258 e. The first kappa shape index (κ1) is 15.7. The van der Waals surface area contributed by atoms with E-state index in [1.165, 1.54) is 0 Å². The van der Waals surface area contributed by atoms with Crippen LogP contribution in [0.3, 0.4) is 0 Å². The molecule has 3 aromatic carbocycles. The lowest BCUT2D eigenvalue weighted by atomic mass is 10.1. The van der Waals surface area contributed by atoms with Gasteiger partial charge in [-0.25, -0.2) is 0 Å². The summed E-state index contributed by atoms with van der Waals surface area (Å²) in [6, 6.07) is 23.4. The molecule has 2 heterocycles. The predicted molar refractivity (Wildman–Crippen MR) is 105 cm³/mol. The molecule has 1 aromatic heterocycles. The smallest absolute Gasteiger partial charge is 0.258 e. The second-order valence-corrected chi connectivity index (χ2v) is 6.88. The third-order valence-corrected chi connectivity index (χ3v) is 5.22. The van der Waals surface area contributed by atoms with Gasteiger partial charge in [0.2, 0.25) is 0 Å². The van der Waals surface area contributed by atoms with Crippen molar-refractivity contribution < 1.29 is 9.90 Å². The highest BCUT2D eigenvalue weighted by molar-refractivity contribution is 5.98. The van der Waals surface area contributed by atoms with Crippen LogP contribution in [0.5, 0.6) is 5.75 Å². The van der Waals surface area contributed by atoms with Gasteiger partial charge in [0.15, 0.2) is 0 Å². The summed E-state index contributed by atoms with van der Waals surface area (Å²) in [4.78, 5) is 14.9. The second-order valence-electron chi connectivity index (χ2n) is 6.88. The van der Waals surface area contributed by atoms with Gasteiger partial charge in [-0.1, -0.05) is 42.5 Å². The Morgan fingerprint density at radius 1 is 0.852 bits per heavy atom. The van der Waals surface area contributed by atoms with Crippen molar-refractivity contribution in [3.05, 3.63) is 95.7 Å². The van der Waals surface area contributed by atoms with Crippen LogP contribution in [-0.4, -0.2) is 20.5 Å². The molecule has 4 heteroatoms. The van der Waals surface area contributed by atoms with Gasteiger partial charge in [0.05, 0.1) is 11.1 Å². The van der Waals surface area contributed by atoms with Gasteiger partial charge in [0.1, 0.15) is 5.75 Å². The first-order valence-electron chi connectivity index (χ1n) is 8.96. The largest absolute Gasteiger partial charge is 0.507 e. The number of nitrogens with zero attached hydrogens (tertiary/aromatic N) is 2. The summed E-state index contributed by atoms with van der Waals surface area (Å²) in [6.45, 7) is 1.15. The van der Waals surface area contributed by atoms with E-state index >= 15 is 0 Å². The van der Waals surface area contributed by atoms with Gasteiger partial charge in [-0.05, 0) is 46.8 Å². The van der Waals surface area contributed by atoms with Crippen molar-refractivity contribution in [2.75, 3.05) is 0 Å². The molecule has 0 bridgehead atoms. The second kappa shape index (κ2) is 6.02. The number of hydrogen-bond donors (Lipinski definition) is 1. The molecule has 1 N–H and O–H groups in total. The molecule has 4 nitrogen and oxygen atoms in total. The molecule has 4 aromatic rings. The highest BCUT2D eigenvalue weighted by atomic mass is 16.3. The number of fused-ring (bicyclic) bond motifs is 2. The summed E-state index contributed by atoms with van der Waals surface area (Å²) >= 11 is 0. The van der Waals surface area contributed by atoms with Gasteiger partial charge in [0, 0.05) is 25.0 Å². The monoisotopic (exact) mass is 354 g/mol. The van der Waals surface area contributed by atoms with Crippen LogP contribution in [0.4, 0.5) is 0 Å². The number of aromatic hydroxyl groups is 1. The minimum absolute atomic E-state index is 0.0103. The molecule has 1 amide bonds. The maximum absolute atomic E-state index is 13.1. The Kier molecular flexibility index (Phi) is 3.50. The number of phenols is 1. The van der Waals surface area contributed by atoms with E-state index in [1.807, 2.05) is 65.4 Å². The standard InChI is InChI=1S/C23H18N2O2/c26-22-10-9-19(25-12-11-16-5-3-4-8-21(16)25)13-20(22)23(27)24-14-17-6-1-2-7-18(17)15-24/h1-13,26H,14-15H2. The predicted octanol–water partition coefficient (Wildman–Crippen LogP) is 4.49. The fourth-order valence-corrected chi connectivity index (χ4v) is 3.80. The normalized spacial score (nSPS) is 13.1. The maximum atomic E-state index is 13.1. The van der Waals surface area contributed by atoms with Crippen LogP contribution in [0.2, 0.25) is 0 Å². The quantitative estimate of drug-likeness (QED) is 0.576. The highest BCUT2D eigenvalue weighted by Gasteiger charge is 2.26. The van der Waals surface area contributed by atoms with Crippen molar-refractivity contribution >= 4 is 16.8 Å². The van der Waals surface area contributed by atoms with E-state index in [2.05, 4.69) is 6.07 Å². The number of hydrogen-bond acceptors (Lipinski definition) is 2. The van der Waals surface area contributed by atoms with Crippen molar-refractivity contribution in [2.24, 2.45) is 0 Å². The molecular weight excluding hydrogens is 336 g/mol. The zero-order valence-electron chi connectivity index (χ0n) is 14.7. The number of amides is 1. The van der Waals surface area contributed by atoms with E-state index in [9.17, 15) is 9.90 Å². The Morgan fingerprint density at radius 3 is 2.33 bits per heavy atom. The zero-order chi connectivity index (χ0) is 18.4. The molecule has 0 aliphatic carbocycles. The number of carbonyl (C=O) groups excluding carboxylic acids is 1. The van der Waals surface area contributed by atoms with Gasteiger partial charge in [0.25, 0.3) is 5.91 Å². The van der Waals surface area contributed by atoms with Crippen LogP contribution in [0.15, 0.2) is 79.0 Å². The average Bonchev–Trinajstić information content (AvgIpc) is 3.32. The van der Waals surface area contributed by atoms with Crippen LogP contribution < -0.4 is 0 Å². The van der Waals surface area contributed by atoms with E-state index in [4.69, 9.17) is 0 Å². The number of benzene rings is 3. The topological polar surface area (TPSA) is 45.5 Å². The van der Waals surface area contributed by atoms with Crippen LogP contribution in [0.25, 0.3) is 16.6 Å². The molecule has 0 atom stereocenters. The van der Waals surface area contributed by atoms with Gasteiger partial charge >= 0.3 is 0 Å². The molecule has 0 radical (unpaired) electrons. The minimum atomic E-state index is -0.151. The molecule has 1 aliphatic heterocycles. The summed E-state index contributed by atoms with van der Waals surface area (Å²) < 4.78 is 2.03. The molecule has 0 spiro atoms. The Labute approximate surface area is 156 Å². The Hall–Kier alpha value is -3.53. The third kappa shape index (κ3) is 2.57. The van der Waals surface area contributed by atoms with Crippen LogP contribution >= 0.6 is 0 Å². The average molecular weight is 354 g/mol. The summed E-state index contributed by atoms with van der Waals surface area (Å²) in [5.41, 5.74) is 4.58. The molecule has 132 valence electrons. The summed E-state index contributed by atoms with van der Waals surface area (Å²) in [6.07, 6.45) is 1.98. The summed E-state index contributed by atoms with van der Waals surface area (Å²) in [7, 11) is 0. The first-order valence-corrected chi connectivity index (χ1v) is 8.96.